The van der Waals surface area contributed by atoms with Crippen molar-refractivity contribution in [2.24, 2.45) is 7.05 Å². The minimum absolute atomic E-state index is 0.114. The number of nitrogens with zero attached hydrogens (tertiary/aromatic N) is 2. The van der Waals surface area contributed by atoms with Crippen LogP contribution in [0.2, 0.25) is 0 Å². The Hall–Kier alpha value is -4.26. The number of carbonyl (C=O) groups excluding carboxylic acids is 2. The van der Waals surface area contributed by atoms with Crippen LogP contribution in [-0.2, 0) is 11.8 Å². The molecule has 0 radical (unpaired) electrons. The van der Waals surface area contributed by atoms with Crippen LogP contribution in [0.5, 0.6) is 11.5 Å². The molecule has 1 aliphatic rings. The van der Waals surface area contributed by atoms with E-state index in [2.05, 4.69) is 11.9 Å². The van der Waals surface area contributed by atoms with Crippen molar-refractivity contribution in [2.45, 2.75) is 18.9 Å². The van der Waals surface area contributed by atoms with E-state index in [1.165, 1.54) is 0 Å². The molecule has 0 bridgehead atoms. The number of methoxy groups -OCH3 is 2. The van der Waals surface area contributed by atoms with Crippen molar-refractivity contribution in [3.63, 3.8) is 0 Å². The smallest absolute Gasteiger partial charge is 0.254 e. The number of nitrogens with one attached hydrogen (secondary N) is 1. The van der Waals surface area contributed by atoms with Gasteiger partial charge in [-0.05, 0) is 47.9 Å². The number of hydrogen-bond donors (Lipinski definition) is 1. The van der Waals surface area contributed by atoms with E-state index in [0.29, 0.717) is 28.3 Å². The molecule has 4 rings (SSSR count). The van der Waals surface area contributed by atoms with Crippen molar-refractivity contribution in [2.75, 3.05) is 26.6 Å². The second-order valence-electron chi connectivity index (χ2n) is 8.79. The number of likely N-dealkylation sites (N-methyl/N-ethyl adjacent to an activating group) is 1. The van der Waals surface area contributed by atoms with Crippen molar-refractivity contribution in [3.05, 3.63) is 95.3 Å². The molecule has 0 saturated heterocycles. The first-order valence-electron chi connectivity index (χ1n) is 11.7. The van der Waals surface area contributed by atoms with Crippen molar-refractivity contribution >= 4 is 23.6 Å². The van der Waals surface area contributed by atoms with Gasteiger partial charge in [-0.25, -0.2) is 0 Å². The topological polar surface area (TPSA) is 72.8 Å². The molecule has 1 aromatic heterocycles. The number of aromatic nitrogens is 1. The van der Waals surface area contributed by atoms with Gasteiger partial charge in [0.15, 0.2) is 11.5 Å². The Morgan fingerprint density at radius 1 is 1.06 bits per heavy atom. The van der Waals surface area contributed by atoms with Crippen molar-refractivity contribution in [3.8, 4) is 11.5 Å². The summed E-state index contributed by atoms with van der Waals surface area (Å²) in [4.78, 5) is 29.0. The van der Waals surface area contributed by atoms with Crippen molar-refractivity contribution in [1.82, 2.24) is 9.47 Å². The molecule has 0 aliphatic carbocycles. The Morgan fingerprint density at radius 2 is 1.78 bits per heavy atom. The highest BCUT2D eigenvalue weighted by Crippen LogP contribution is 2.44. The summed E-state index contributed by atoms with van der Waals surface area (Å²) < 4.78 is 12.7. The minimum Gasteiger partial charge on any atom is -0.493 e. The van der Waals surface area contributed by atoms with E-state index in [1.54, 1.807) is 56.5 Å². The molecule has 3 aromatic rings. The molecule has 0 spiro atoms. The second kappa shape index (κ2) is 10.2. The van der Waals surface area contributed by atoms with E-state index in [4.69, 9.17) is 9.47 Å². The SMILES string of the molecule is C=C/C=C\c1c(C)c(C2C(C(=O)Nc3ccc(OC)c(OC)c3)c3ccccc3C(=O)N2C)cn1C. The average molecular weight is 486 g/mol. The lowest BCUT2D eigenvalue weighted by molar-refractivity contribution is -0.119. The first kappa shape index (κ1) is 24.9. The Morgan fingerprint density at radius 3 is 2.47 bits per heavy atom. The van der Waals surface area contributed by atoms with Crippen LogP contribution in [0, 0.1) is 6.92 Å². The summed E-state index contributed by atoms with van der Waals surface area (Å²) in [6, 6.07) is 12.1. The molecule has 2 amide bonds. The molecule has 7 nitrogen and oxygen atoms in total. The molecule has 0 saturated carbocycles. The Bertz CT molecular complexity index is 1350. The summed E-state index contributed by atoms with van der Waals surface area (Å²) in [6.45, 7) is 5.77. The molecular formula is C29H31N3O4. The van der Waals surface area contributed by atoms with Crippen LogP contribution in [0.4, 0.5) is 5.69 Å². The van der Waals surface area contributed by atoms with Gasteiger partial charge in [0.2, 0.25) is 5.91 Å². The highest BCUT2D eigenvalue weighted by molar-refractivity contribution is 6.04. The van der Waals surface area contributed by atoms with Gasteiger partial charge in [-0.3, -0.25) is 9.59 Å². The van der Waals surface area contributed by atoms with Gasteiger partial charge in [0.05, 0.1) is 26.2 Å². The molecule has 1 N–H and O–H groups in total. The lowest BCUT2D eigenvalue weighted by Crippen LogP contribution is -2.44. The van der Waals surface area contributed by atoms with Gasteiger partial charge in [0.25, 0.3) is 5.91 Å². The monoisotopic (exact) mass is 485 g/mol. The number of ether oxygens (including phenoxy) is 2. The summed E-state index contributed by atoms with van der Waals surface area (Å²) in [6.07, 6.45) is 7.57. The van der Waals surface area contributed by atoms with E-state index in [0.717, 1.165) is 16.8 Å². The molecule has 2 atom stereocenters. The van der Waals surface area contributed by atoms with Gasteiger partial charge in [-0.1, -0.05) is 36.9 Å². The standard InChI is InChI=1S/C29H31N3O4/c1-7-8-13-23-18(2)22(17-31(23)3)27-26(20-11-9-10-12-21(20)29(34)32(27)4)28(33)30-19-14-15-24(35-5)25(16-19)36-6/h7-17,26-27H,1H2,2-6H3,(H,30,33)/b13-8-. The number of carbonyl (C=O) groups is 2. The van der Waals surface area contributed by atoms with Crippen LogP contribution in [0.1, 0.15) is 44.7 Å². The second-order valence-corrected chi connectivity index (χ2v) is 8.79. The maximum Gasteiger partial charge on any atom is 0.254 e. The van der Waals surface area contributed by atoms with E-state index < -0.39 is 12.0 Å². The Balaban J connectivity index is 1.82. The third-order valence-corrected chi connectivity index (χ3v) is 6.75. The molecular weight excluding hydrogens is 454 g/mol. The number of anilines is 1. The lowest BCUT2D eigenvalue weighted by atomic mass is 9.79. The zero-order chi connectivity index (χ0) is 26.0. The maximum absolute atomic E-state index is 13.9. The van der Waals surface area contributed by atoms with Crippen LogP contribution in [0.15, 0.2) is 67.4 Å². The number of rotatable bonds is 7. The molecule has 2 heterocycles. The van der Waals surface area contributed by atoms with E-state index in [1.807, 2.05) is 55.1 Å². The third-order valence-electron chi connectivity index (χ3n) is 6.75. The van der Waals surface area contributed by atoms with Gasteiger partial charge in [-0.15, -0.1) is 0 Å². The quantitative estimate of drug-likeness (QED) is 0.473. The predicted molar refractivity (Wildman–Crippen MR) is 142 cm³/mol. The van der Waals surface area contributed by atoms with Crippen molar-refractivity contribution in [1.29, 1.82) is 0 Å². The molecule has 2 aromatic carbocycles. The fraction of sp³-hybridized carbons (Fsp3) is 0.241. The number of amides is 2. The van der Waals surface area contributed by atoms with E-state index in [-0.39, 0.29) is 11.8 Å². The third kappa shape index (κ3) is 4.28. The summed E-state index contributed by atoms with van der Waals surface area (Å²) in [7, 11) is 6.82. The largest absolute Gasteiger partial charge is 0.493 e. The van der Waals surface area contributed by atoms with E-state index >= 15 is 0 Å². The fourth-order valence-corrected chi connectivity index (χ4v) is 4.97. The van der Waals surface area contributed by atoms with Crippen LogP contribution in [-0.4, -0.2) is 42.5 Å². The van der Waals surface area contributed by atoms with Crippen LogP contribution in [0.25, 0.3) is 6.08 Å². The van der Waals surface area contributed by atoms with Gasteiger partial charge in [0, 0.05) is 43.3 Å². The van der Waals surface area contributed by atoms with Gasteiger partial charge in [-0.2, -0.15) is 0 Å². The molecule has 186 valence electrons. The van der Waals surface area contributed by atoms with Crippen LogP contribution >= 0.6 is 0 Å². The summed E-state index contributed by atoms with van der Waals surface area (Å²) >= 11 is 0. The normalized spacial score (nSPS) is 17.1. The number of hydrogen-bond acceptors (Lipinski definition) is 4. The molecule has 1 aliphatic heterocycles. The van der Waals surface area contributed by atoms with Crippen LogP contribution < -0.4 is 14.8 Å². The highest BCUT2D eigenvalue weighted by atomic mass is 16.5. The summed E-state index contributed by atoms with van der Waals surface area (Å²) in [5, 5.41) is 3.04. The molecule has 0 fully saturated rings. The van der Waals surface area contributed by atoms with Crippen molar-refractivity contribution < 1.29 is 19.1 Å². The fourth-order valence-electron chi connectivity index (χ4n) is 4.97. The van der Waals surface area contributed by atoms with E-state index in [9.17, 15) is 9.59 Å². The zero-order valence-electron chi connectivity index (χ0n) is 21.2. The van der Waals surface area contributed by atoms with Gasteiger partial charge >= 0.3 is 0 Å². The van der Waals surface area contributed by atoms with Crippen LogP contribution in [0.3, 0.4) is 0 Å². The number of aryl methyl sites for hydroxylation is 1. The first-order chi connectivity index (χ1) is 17.3. The van der Waals surface area contributed by atoms with Gasteiger partial charge < -0.3 is 24.3 Å². The lowest BCUT2D eigenvalue weighted by Gasteiger charge is -2.39. The molecule has 7 heteroatoms. The first-order valence-corrected chi connectivity index (χ1v) is 11.7. The number of benzene rings is 2. The average Bonchev–Trinajstić information content (AvgIpc) is 3.16. The predicted octanol–water partition coefficient (Wildman–Crippen LogP) is 5.10. The highest BCUT2D eigenvalue weighted by Gasteiger charge is 2.43. The molecule has 36 heavy (non-hydrogen) atoms. The Kier molecular flexibility index (Phi) is 7.01. The number of fused-ring (bicyclic) bond motifs is 1. The summed E-state index contributed by atoms with van der Waals surface area (Å²) in [5.74, 6) is 0.125. The molecule has 2 unspecified atom stereocenters. The maximum atomic E-state index is 13.9. The zero-order valence-corrected chi connectivity index (χ0v) is 21.2. The summed E-state index contributed by atoms with van der Waals surface area (Å²) in [5.41, 5.74) is 4.72. The minimum atomic E-state index is -0.630. The number of allylic oxidation sites excluding steroid dienone is 2. The Labute approximate surface area is 211 Å². The van der Waals surface area contributed by atoms with Gasteiger partial charge in [0.1, 0.15) is 0 Å².